The van der Waals surface area contributed by atoms with Crippen LogP contribution in [-0.4, -0.2) is 118 Å². The molecule has 0 saturated carbocycles. The van der Waals surface area contributed by atoms with Crippen LogP contribution in [0.4, 0.5) is 68.2 Å². The lowest BCUT2D eigenvalue weighted by Crippen LogP contribution is -2.03. The van der Waals surface area contributed by atoms with Crippen molar-refractivity contribution in [1.29, 1.82) is 0 Å². The molecule has 37 nitrogen and oxygen atoms in total. The number of para-hydroxylation sites is 1. The van der Waals surface area contributed by atoms with Crippen LogP contribution in [0.5, 0.6) is 28.7 Å². The lowest BCUT2D eigenvalue weighted by molar-refractivity contribution is 0.318. The van der Waals surface area contributed by atoms with Crippen molar-refractivity contribution in [2.24, 2.45) is 51.1 Å². The summed E-state index contributed by atoms with van der Waals surface area (Å²) >= 11 is 0. The van der Waals surface area contributed by atoms with Crippen molar-refractivity contribution in [2.45, 2.75) is 54.5 Å². The minimum Gasteiger partial charge on any atom is -0.507 e. The van der Waals surface area contributed by atoms with E-state index in [0.29, 0.717) is 30.3 Å². The summed E-state index contributed by atoms with van der Waals surface area (Å²) in [4.78, 5) is -7.33. The number of aromatic hydroxyl groups is 4. The average molecular weight is 1590 g/mol. The second-order valence-electron chi connectivity index (χ2n) is 22.4. The first-order chi connectivity index (χ1) is 49.5. The molecule has 0 bridgehead atoms. The van der Waals surface area contributed by atoms with Crippen molar-refractivity contribution >= 4 is 182 Å². The third-order valence-corrected chi connectivity index (χ3v) is 21.5. The summed E-state index contributed by atoms with van der Waals surface area (Å²) in [5, 5.41) is 84.7. The van der Waals surface area contributed by atoms with Crippen molar-refractivity contribution in [3.05, 3.63) is 157 Å². The van der Waals surface area contributed by atoms with Crippen LogP contribution in [0.15, 0.2) is 237 Å². The quantitative estimate of drug-likeness (QED) is 0.0221. The normalized spacial score (nSPS) is 13.1. The van der Waals surface area contributed by atoms with Gasteiger partial charge in [-0.05, 0) is 127 Å². The largest absolute Gasteiger partial charge is 0.507 e. The van der Waals surface area contributed by atoms with Crippen LogP contribution in [-0.2, 0) is 70.8 Å². The van der Waals surface area contributed by atoms with Crippen molar-refractivity contribution < 1.29 is 116 Å². The molecule has 0 aliphatic rings. The van der Waals surface area contributed by atoms with E-state index in [0.717, 1.165) is 72.8 Å². The van der Waals surface area contributed by atoms with Crippen molar-refractivity contribution in [3.63, 3.8) is 0 Å². The molecule has 0 unspecified atom stereocenters. The van der Waals surface area contributed by atoms with Crippen molar-refractivity contribution in [1.82, 2.24) is 0 Å². The number of phenolic OH excluding ortho intramolecular Hbond substituents is 4. The molecule has 106 heavy (non-hydrogen) atoms. The molecule has 44 heteroatoms. The molecule has 12 N–H and O–H groups in total. The summed E-state index contributed by atoms with van der Waals surface area (Å²) < 4.78 is 257. The Morgan fingerprint density at radius 2 is 0.811 bits per heavy atom. The fourth-order valence-electron chi connectivity index (χ4n) is 10.6. The van der Waals surface area contributed by atoms with E-state index < -0.39 is 195 Å². The molecule has 0 saturated heterocycles. The number of aryl methyl sites for hydroxylation is 1. The number of nitrogens with one attached hydrogen (secondary N) is 1. The molecule has 0 heterocycles. The lowest BCUT2D eigenvalue weighted by Gasteiger charge is -2.15. The fourth-order valence-corrected chi connectivity index (χ4v) is 15.3. The maximum absolute atomic E-state index is 13.6. The Morgan fingerprint density at radius 1 is 0.358 bits per heavy atom. The summed E-state index contributed by atoms with van der Waals surface area (Å²) in [6, 6.07) is 27.3. The highest BCUT2D eigenvalue weighted by atomic mass is 32.2. The Kier molecular flexibility index (Phi) is 20.2. The van der Waals surface area contributed by atoms with Crippen LogP contribution < -0.4 is 10.1 Å². The van der Waals surface area contributed by atoms with E-state index in [4.69, 9.17) is 4.74 Å². The number of anilines is 2. The summed E-state index contributed by atoms with van der Waals surface area (Å²) in [6.07, 6.45) is 0.349. The number of hydrogen-bond acceptors (Lipinski definition) is 30. The summed E-state index contributed by atoms with van der Waals surface area (Å²) in [5.74, 6) is -4.13. The van der Waals surface area contributed by atoms with Gasteiger partial charge in [-0.15, -0.1) is 46.0 Å². The van der Waals surface area contributed by atoms with Crippen molar-refractivity contribution in [2.75, 3.05) is 11.9 Å². The maximum atomic E-state index is 13.6. The van der Waals surface area contributed by atoms with Crippen LogP contribution in [0.3, 0.4) is 0 Å². The van der Waals surface area contributed by atoms with Crippen LogP contribution in [0, 0.1) is 6.92 Å². The number of benzene rings is 11. The number of phenols is 4. The first-order valence-corrected chi connectivity index (χ1v) is 39.5. The molecule has 0 radical (unpaired) electrons. The first-order valence-electron chi connectivity index (χ1n) is 29.4. The van der Waals surface area contributed by atoms with E-state index in [9.17, 15) is 111 Å². The minimum absolute atomic E-state index is 0.0449. The highest BCUT2D eigenvalue weighted by Gasteiger charge is 2.31. The predicted octanol–water partition coefficient (Wildman–Crippen LogP) is 14.8. The van der Waals surface area contributed by atoms with Crippen molar-refractivity contribution in [3.8, 4) is 28.7 Å². The number of nitrogens with zero attached hydrogens (tertiary/aromatic N) is 10. The fraction of sp³-hybridized carbons (Fsp3) is 0.0645. The van der Waals surface area contributed by atoms with Gasteiger partial charge in [-0.2, -0.15) is 64.0 Å². The summed E-state index contributed by atoms with van der Waals surface area (Å²) in [7, 11) is -37.2. The Morgan fingerprint density at radius 3 is 1.38 bits per heavy atom. The molecular formula is C62H47N11O26S7. The Labute approximate surface area is 597 Å². The maximum Gasteiger partial charge on any atom is 0.297 e. The van der Waals surface area contributed by atoms with Gasteiger partial charge in [-0.1, -0.05) is 43.3 Å². The van der Waals surface area contributed by atoms with Gasteiger partial charge in [-0.3, -0.25) is 31.9 Å². The molecule has 0 aromatic heterocycles. The molecule has 0 atom stereocenters. The predicted molar refractivity (Wildman–Crippen MR) is 375 cm³/mol. The van der Waals surface area contributed by atoms with E-state index in [2.05, 4.69) is 56.5 Å². The van der Waals surface area contributed by atoms with E-state index in [1.807, 2.05) is 0 Å². The monoisotopic (exact) mass is 1590 g/mol. The van der Waals surface area contributed by atoms with Crippen LogP contribution >= 0.6 is 0 Å². The standard InChI is InChI=1S/C62H47N11O26S7/c1-3-21-99-50-29-46(68-70-48-25-33(100(78,79)80)23-31-24-34(101(81,82)83)26-49(74)54(31)48)30(2)22-47(50)69-73-57-53(104(90,91)92)28-40-37(60(57)77)15-20-45(62(40)106(96,97)98)66-71-55-39-27-52(103(87,88)89)56(59(76)36(39)13-17-42(55)63-32-9-5-4-6-10-32)72-67-44-19-14-35-38(61(44)105(93,94)95)16-18-43(58(35)75)65-64-41-11-7-8-12-51(41)102(84,85)86/h4-20,22-29,63,74-77H,3,21H2,1-2H3,(H,78,79,80)(H,81,82,83)(H,84,85,86)(H,87,88,89)(H,90,91,92)(H,93,94,95)(H,96,97,98). The highest BCUT2D eigenvalue weighted by Crippen LogP contribution is 2.51. The molecular weight excluding hydrogens is 1540 g/mol. The molecule has 11 rings (SSSR count). The number of rotatable bonds is 22. The van der Waals surface area contributed by atoms with Crippen LogP contribution in [0.1, 0.15) is 18.9 Å². The van der Waals surface area contributed by atoms with Crippen LogP contribution in [0.25, 0.3) is 43.1 Å². The number of ether oxygens (including phenoxy) is 1. The Bertz CT molecular complexity index is 6630. The second kappa shape index (κ2) is 28.3. The zero-order valence-electron chi connectivity index (χ0n) is 53.2. The molecule has 0 amide bonds. The van der Waals surface area contributed by atoms with E-state index in [-0.39, 0.29) is 56.8 Å². The number of fused-ring (bicyclic) bond motifs is 4. The van der Waals surface area contributed by atoms with Gasteiger partial charge >= 0.3 is 0 Å². The van der Waals surface area contributed by atoms with Gasteiger partial charge in [0.25, 0.3) is 70.8 Å². The topological polar surface area (TPSA) is 606 Å². The van der Waals surface area contributed by atoms with Gasteiger partial charge in [0, 0.05) is 50.1 Å². The molecule has 11 aromatic carbocycles. The zero-order chi connectivity index (χ0) is 77.1. The van der Waals surface area contributed by atoms with Gasteiger partial charge in [0.1, 0.15) is 81.5 Å². The average Bonchev–Trinajstić information content (AvgIpc) is 0.751. The Balaban J connectivity index is 1.01. The third-order valence-electron chi connectivity index (χ3n) is 15.3. The molecule has 548 valence electrons. The molecule has 0 aliphatic carbocycles. The highest BCUT2D eigenvalue weighted by molar-refractivity contribution is 7.87. The van der Waals surface area contributed by atoms with E-state index in [1.165, 1.54) is 49.4 Å². The third kappa shape index (κ3) is 15.7. The van der Waals surface area contributed by atoms with Gasteiger partial charge in [-0.25, -0.2) is 0 Å². The Hall–Kier alpha value is -11.4. The second-order valence-corrected chi connectivity index (χ2v) is 32.1. The molecule has 0 spiro atoms. The van der Waals surface area contributed by atoms with Gasteiger partial charge < -0.3 is 30.5 Å². The van der Waals surface area contributed by atoms with E-state index >= 15 is 0 Å². The smallest absolute Gasteiger partial charge is 0.297 e. The molecule has 0 fully saturated rings. The molecule has 11 aromatic rings. The number of azo groups is 5. The lowest BCUT2D eigenvalue weighted by atomic mass is 10.0. The van der Waals surface area contributed by atoms with Gasteiger partial charge in [0.05, 0.1) is 38.8 Å². The first kappa shape index (κ1) is 75.8. The minimum atomic E-state index is -5.70. The summed E-state index contributed by atoms with van der Waals surface area (Å²) in [6.45, 7) is 3.08. The van der Waals surface area contributed by atoms with E-state index in [1.54, 1.807) is 25.1 Å². The van der Waals surface area contributed by atoms with Crippen LogP contribution in [0.2, 0.25) is 0 Å². The van der Waals surface area contributed by atoms with Gasteiger partial charge in [0.15, 0.2) is 17.2 Å². The van der Waals surface area contributed by atoms with Gasteiger partial charge in [0.2, 0.25) is 0 Å². The summed E-state index contributed by atoms with van der Waals surface area (Å²) in [5.41, 5.74) is -5.50. The zero-order valence-corrected chi connectivity index (χ0v) is 58.9. The number of hydrogen-bond donors (Lipinski definition) is 12. The SMILES string of the molecule is CCCOc1cc(N=Nc2cc(S(=O)(=O)O)cc3cc(S(=O)(=O)O)cc(O)c23)c(C)cc1N=Nc1c(S(=O)(=O)O)cc2c(S(=O)(=O)O)c(N=Nc3c(Nc4ccccc4)ccc4c(O)c(N=Nc5ccc6c(O)c(N=Nc7ccccc7S(=O)(=O)O)ccc6c5S(=O)(=O)O)c(S(=O)(=O)O)cc34)ccc2c1O. The molecule has 0 aliphatic heterocycles.